The predicted octanol–water partition coefficient (Wildman–Crippen LogP) is 1.85. The molecule has 2 aliphatic rings. The summed E-state index contributed by atoms with van der Waals surface area (Å²) in [5.74, 6) is 0.768. The molecule has 1 saturated heterocycles. The van der Waals surface area contributed by atoms with E-state index < -0.39 is 0 Å². The first-order chi connectivity index (χ1) is 13.2. The monoisotopic (exact) mass is 382 g/mol. The topological polar surface area (TPSA) is 79.0 Å². The van der Waals surface area contributed by atoms with Gasteiger partial charge in [-0.05, 0) is 36.5 Å². The Kier molecular flexibility index (Phi) is 5.06. The SMILES string of the molecule is Nc1ccccc1N1CCN(C(=S)N/N=C2/CCOc3cccnc32)CC1. The summed E-state index contributed by atoms with van der Waals surface area (Å²) in [6.07, 6.45) is 2.45. The van der Waals surface area contributed by atoms with Gasteiger partial charge in [0.1, 0.15) is 11.4 Å². The van der Waals surface area contributed by atoms with Crippen LogP contribution in [0.25, 0.3) is 0 Å². The third-order valence-electron chi connectivity index (χ3n) is 4.77. The fourth-order valence-corrected chi connectivity index (χ4v) is 3.55. The Labute approximate surface area is 163 Å². The van der Waals surface area contributed by atoms with Crippen LogP contribution in [0.15, 0.2) is 47.7 Å². The zero-order valence-electron chi connectivity index (χ0n) is 15.0. The largest absolute Gasteiger partial charge is 0.491 e. The first kappa shape index (κ1) is 17.5. The summed E-state index contributed by atoms with van der Waals surface area (Å²) in [6.45, 7) is 3.98. The van der Waals surface area contributed by atoms with Gasteiger partial charge in [0.25, 0.3) is 0 Å². The number of nitrogens with zero attached hydrogens (tertiary/aromatic N) is 4. The quantitative estimate of drug-likeness (QED) is 0.466. The van der Waals surface area contributed by atoms with Crippen molar-refractivity contribution in [1.82, 2.24) is 15.3 Å². The van der Waals surface area contributed by atoms with Gasteiger partial charge >= 0.3 is 0 Å². The second kappa shape index (κ2) is 7.79. The van der Waals surface area contributed by atoms with Crippen LogP contribution in [0.4, 0.5) is 11.4 Å². The Bertz CT molecular complexity index is 863. The maximum atomic E-state index is 6.09. The van der Waals surface area contributed by atoms with Gasteiger partial charge in [0, 0.05) is 38.8 Å². The van der Waals surface area contributed by atoms with Gasteiger partial charge in [0.15, 0.2) is 5.11 Å². The van der Waals surface area contributed by atoms with E-state index in [-0.39, 0.29) is 0 Å². The minimum absolute atomic E-state index is 0.600. The third kappa shape index (κ3) is 3.80. The van der Waals surface area contributed by atoms with Crippen LogP contribution in [0.3, 0.4) is 0 Å². The zero-order valence-corrected chi connectivity index (χ0v) is 15.8. The molecule has 27 heavy (non-hydrogen) atoms. The number of hydrogen-bond donors (Lipinski definition) is 2. The van der Waals surface area contributed by atoms with Crippen molar-refractivity contribution in [1.29, 1.82) is 0 Å². The summed E-state index contributed by atoms with van der Waals surface area (Å²) in [6, 6.07) is 11.7. The number of piperazine rings is 1. The van der Waals surface area contributed by atoms with Crippen molar-refractivity contribution in [3.63, 3.8) is 0 Å². The van der Waals surface area contributed by atoms with E-state index in [1.165, 1.54) is 0 Å². The summed E-state index contributed by atoms with van der Waals surface area (Å²) in [7, 11) is 0. The molecule has 1 fully saturated rings. The number of fused-ring (bicyclic) bond motifs is 1. The van der Waals surface area contributed by atoms with Crippen LogP contribution < -0.4 is 20.8 Å². The fraction of sp³-hybridized carbons (Fsp3) is 0.316. The minimum atomic E-state index is 0.600. The number of benzene rings is 1. The summed E-state index contributed by atoms with van der Waals surface area (Å²) in [4.78, 5) is 8.80. The molecule has 3 N–H and O–H groups in total. The Morgan fingerprint density at radius 3 is 2.78 bits per heavy atom. The van der Waals surface area contributed by atoms with Crippen molar-refractivity contribution in [2.75, 3.05) is 43.4 Å². The number of thiocarbonyl (C=S) groups is 1. The minimum Gasteiger partial charge on any atom is -0.491 e. The van der Waals surface area contributed by atoms with E-state index in [9.17, 15) is 0 Å². The molecule has 0 bridgehead atoms. The van der Waals surface area contributed by atoms with E-state index in [1.54, 1.807) is 6.20 Å². The lowest BCUT2D eigenvalue weighted by atomic mass is 10.1. The van der Waals surface area contributed by atoms with E-state index in [0.29, 0.717) is 18.1 Å². The smallest absolute Gasteiger partial charge is 0.189 e. The lowest BCUT2D eigenvalue weighted by Crippen LogP contribution is -2.51. The number of nitrogens with two attached hydrogens (primary N) is 1. The molecule has 1 aromatic heterocycles. The standard InChI is InChI=1S/C19H22N6OS/c20-14-4-1-2-5-16(14)24-9-11-25(12-10-24)19(27)23-22-15-7-13-26-17-6-3-8-21-18(15)17/h1-6,8H,7,9-13,20H2,(H,23,27)/b22-15-. The highest BCUT2D eigenvalue weighted by molar-refractivity contribution is 7.80. The van der Waals surface area contributed by atoms with E-state index in [1.807, 2.05) is 30.3 Å². The average Bonchev–Trinajstić information content (AvgIpc) is 2.72. The van der Waals surface area contributed by atoms with Gasteiger partial charge in [-0.25, -0.2) is 0 Å². The van der Waals surface area contributed by atoms with Gasteiger partial charge in [-0.3, -0.25) is 10.4 Å². The summed E-state index contributed by atoms with van der Waals surface area (Å²) in [5.41, 5.74) is 12.7. The Balaban J connectivity index is 1.36. The average molecular weight is 382 g/mol. The molecular weight excluding hydrogens is 360 g/mol. The molecule has 0 saturated carbocycles. The van der Waals surface area contributed by atoms with Crippen molar-refractivity contribution < 1.29 is 4.74 Å². The van der Waals surface area contributed by atoms with Crippen LogP contribution >= 0.6 is 12.2 Å². The maximum Gasteiger partial charge on any atom is 0.189 e. The van der Waals surface area contributed by atoms with Crippen molar-refractivity contribution in [3.8, 4) is 5.75 Å². The van der Waals surface area contributed by atoms with Gasteiger partial charge in [0.05, 0.1) is 23.7 Å². The Morgan fingerprint density at radius 2 is 1.96 bits per heavy atom. The first-order valence-corrected chi connectivity index (χ1v) is 9.42. The summed E-state index contributed by atoms with van der Waals surface area (Å²) < 4.78 is 5.61. The highest BCUT2D eigenvalue weighted by Gasteiger charge is 2.21. The lowest BCUT2D eigenvalue weighted by molar-refractivity contribution is 0.318. The number of pyridine rings is 1. The second-order valence-corrected chi connectivity index (χ2v) is 6.84. The number of nitrogens with one attached hydrogen (secondary N) is 1. The highest BCUT2D eigenvalue weighted by Crippen LogP contribution is 2.24. The molecular formula is C19H22N6OS. The van der Waals surface area contributed by atoms with Crippen molar-refractivity contribution in [3.05, 3.63) is 48.3 Å². The van der Waals surface area contributed by atoms with Crippen LogP contribution in [0, 0.1) is 0 Å². The molecule has 0 spiro atoms. The number of aromatic nitrogens is 1. The highest BCUT2D eigenvalue weighted by atomic mass is 32.1. The first-order valence-electron chi connectivity index (χ1n) is 9.01. The molecule has 4 rings (SSSR count). The van der Waals surface area contributed by atoms with Crippen molar-refractivity contribution >= 4 is 34.4 Å². The molecule has 8 heteroatoms. The number of ether oxygens (including phenoxy) is 1. The number of hydrazone groups is 1. The van der Waals surface area contributed by atoms with Gasteiger partial charge in [-0.15, -0.1) is 0 Å². The molecule has 0 amide bonds. The molecule has 0 unspecified atom stereocenters. The zero-order chi connectivity index (χ0) is 18.6. The second-order valence-electron chi connectivity index (χ2n) is 6.46. The van der Waals surface area contributed by atoms with E-state index in [0.717, 1.165) is 54.7 Å². The Hall–Kier alpha value is -2.87. The number of rotatable bonds is 2. The molecule has 0 atom stereocenters. The maximum absolute atomic E-state index is 6.09. The number of anilines is 2. The van der Waals surface area contributed by atoms with Gasteiger partial charge in [0.2, 0.25) is 0 Å². The molecule has 0 radical (unpaired) electrons. The van der Waals surface area contributed by atoms with Crippen molar-refractivity contribution in [2.24, 2.45) is 5.10 Å². The lowest BCUT2D eigenvalue weighted by Gasteiger charge is -2.37. The molecule has 2 aliphatic heterocycles. The number of para-hydroxylation sites is 2. The van der Waals surface area contributed by atoms with E-state index >= 15 is 0 Å². The fourth-order valence-electron chi connectivity index (χ4n) is 3.32. The third-order valence-corrected chi connectivity index (χ3v) is 5.12. The van der Waals surface area contributed by atoms with Gasteiger partial charge in [-0.1, -0.05) is 12.1 Å². The van der Waals surface area contributed by atoms with E-state index in [4.69, 9.17) is 22.7 Å². The number of hydrogen-bond acceptors (Lipinski definition) is 6. The van der Waals surface area contributed by atoms with Crippen LogP contribution in [-0.2, 0) is 0 Å². The van der Waals surface area contributed by atoms with Gasteiger partial charge in [-0.2, -0.15) is 5.10 Å². The van der Waals surface area contributed by atoms with Crippen molar-refractivity contribution in [2.45, 2.75) is 6.42 Å². The molecule has 0 aliphatic carbocycles. The van der Waals surface area contributed by atoms with Crippen LogP contribution in [0.2, 0.25) is 0 Å². The van der Waals surface area contributed by atoms with Gasteiger partial charge < -0.3 is 20.3 Å². The number of nitrogen functional groups attached to an aromatic ring is 1. The summed E-state index contributed by atoms with van der Waals surface area (Å²) in [5, 5.41) is 5.13. The van der Waals surface area contributed by atoms with Crippen LogP contribution in [0.1, 0.15) is 12.1 Å². The molecule has 7 nitrogen and oxygen atoms in total. The molecule has 3 heterocycles. The molecule has 140 valence electrons. The molecule has 1 aromatic carbocycles. The van der Waals surface area contributed by atoms with Crippen LogP contribution in [0.5, 0.6) is 5.75 Å². The van der Waals surface area contributed by atoms with E-state index in [2.05, 4.69) is 31.4 Å². The normalized spacial score (nSPS) is 18.0. The molecule has 2 aromatic rings. The summed E-state index contributed by atoms with van der Waals surface area (Å²) >= 11 is 5.54. The predicted molar refractivity (Wildman–Crippen MR) is 111 cm³/mol. The van der Waals surface area contributed by atoms with Crippen LogP contribution in [-0.4, -0.2) is 53.5 Å². The Morgan fingerprint density at radius 1 is 1.15 bits per heavy atom.